The number of fused-ring (bicyclic) bond motifs is 11. The highest BCUT2D eigenvalue weighted by atomic mass is 15.1. The lowest BCUT2D eigenvalue weighted by Crippen LogP contribution is -2.22. The first-order valence-electron chi connectivity index (χ1n) is 7.11. The fourth-order valence-corrected chi connectivity index (χ4v) is 2.55. The van der Waals surface area contributed by atoms with Crippen molar-refractivity contribution in [2.45, 2.75) is 44.9 Å². The topological polar surface area (TPSA) is 3.24 Å². The van der Waals surface area contributed by atoms with E-state index in [2.05, 4.69) is 36.2 Å². The Balaban J connectivity index is 1.97. The van der Waals surface area contributed by atoms with Gasteiger partial charge in [-0.1, -0.05) is 43.5 Å². The number of hydrogen-bond acceptors (Lipinski definition) is 1. The number of nitrogens with zero attached hydrogens (tertiary/aromatic N) is 1. The molecule has 0 spiro atoms. The van der Waals surface area contributed by atoms with Crippen LogP contribution < -0.4 is 0 Å². The van der Waals surface area contributed by atoms with Crippen LogP contribution in [0.2, 0.25) is 0 Å². The zero-order valence-electron chi connectivity index (χ0n) is 11.1. The molecule has 0 saturated carbocycles. The highest BCUT2D eigenvalue weighted by Crippen LogP contribution is 2.12. The van der Waals surface area contributed by atoms with E-state index in [1.165, 1.54) is 69.2 Å². The second kappa shape index (κ2) is 6.80. The van der Waals surface area contributed by atoms with Crippen molar-refractivity contribution < 1.29 is 0 Å². The van der Waals surface area contributed by atoms with Gasteiger partial charge in [0.25, 0.3) is 0 Å². The first-order chi connectivity index (χ1) is 8.34. The zero-order valence-corrected chi connectivity index (χ0v) is 11.1. The van der Waals surface area contributed by atoms with Crippen LogP contribution in [0, 0.1) is 0 Å². The monoisotopic (exact) mass is 231 g/mol. The summed E-state index contributed by atoms with van der Waals surface area (Å²) >= 11 is 0. The Hall–Kier alpha value is -0.820. The zero-order chi connectivity index (χ0) is 11.9. The molecule has 0 atom stereocenters. The number of hydrogen-bond donors (Lipinski definition) is 0. The minimum atomic E-state index is 1.19. The number of likely N-dealkylation sites (N-methyl/N-ethyl adjacent to an activating group) is 1. The molecule has 2 bridgehead atoms. The summed E-state index contributed by atoms with van der Waals surface area (Å²) in [5.74, 6) is 0. The van der Waals surface area contributed by atoms with Gasteiger partial charge in [-0.3, -0.25) is 0 Å². The van der Waals surface area contributed by atoms with Gasteiger partial charge in [0, 0.05) is 6.54 Å². The van der Waals surface area contributed by atoms with Gasteiger partial charge in [-0.05, 0) is 50.4 Å². The fraction of sp³-hybridized carbons (Fsp3) is 0.625. The molecule has 0 aromatic heterocycles. The summed E-state index contributed by atoms with van der Waals surface area (Å²) in [5, 5.41) is 0. The lowest BCUT2D eigenvalue weighted by molar-refractivity contribution is 0.327. The molecule has 17 heavy (non-hydrogen) atoms. The van der Waals surface area contributed by atoms with E-state index in [0.717, 1.165) is 0 Å². The first-order valence-corrected chi connectivity index (χ1v) is 7.11. The van der Waals surface area contributed by atoms with Gasteiger partial charge in [0.1, 0.15) is 0 Å². The smallest absolute Gasteiger partial charge is 0.00188 e. The van der Waals surface area contributed by atoms with Crippen molar-refractivity contribution >= 4 is 0 Å². The molecule has 2 aliphatic rings. The third-order valence-corrected chi connectivity index (χ3v) is 3.81. The fourth-order valence-electron chi connectivity index (χ4n) is 2.55. The summed E-state index contributed by atoms with van der Waals surface area (Å²) in [4.78, 5) is 2.47. The van der Waals surface area contributed by atoms with Crippen molar-refractivity contribution in [3.05, 3.63) is 35.4 Å². The van der Waals surface area contributed by atoms with Crippen LogP contribution in [0.5, 0.6) is 0 Å². The highest BCUT2D eigenvalue weighted by Gasteiger charge is 2.02. The largest absolute Gasteiger partial charge is 0.306 e. The molecule has 2 heterocycles. The van der Waals surface area contributed by atoms with E-state index in [0.29, 0.717) is 0 Å². The van der Waals surface area contributed by atoms with Crippen molar-refractivity contribution in [1.29, 1.82) is 0 Å². The van der Waals surface area contributed by atoms with Crippen LogP contribution in [-0.2, 0) is 12.8 Å². The standard InChI is InChI=1S/C16H25N/c1-17-13-6-4-2-3-5-7-15-8-10-16(11-9-15)12-14-17/h8-11H,2-7,12-14H2,1H3. The normalized spacial score (nSPS) is 20.1. The van der Waals surface area contributed by atoms with Crippen LogP contribution in [0.25, 0.3) is 0 Å². The van der Waals surface area contributed by atoms with Crippen LogP contribution in [0.15, 0.2) is 24.3 Å². The van der Waals surface area contributed by atoms with Gasteiger partial charge < -0.3 is 4.90 Å². The molecule has 0 radical (unpaired) electrons. The Morgan fingerprint density at radius 2 is 1.29 bits per heavy atom. The molecule has 0 saturated heterocycles. The van der Waals surface area contributed by atoms with Gasteiger partial charge in [0.2, 0.25) is 0 Å². The molecule has 1 heteroatoms. The third kappa shape index (κ3) is 4.51. The van der Waals surface area contributed by atoms with Gasteiger partial charge in [0.05, 0.1) is 0 Å². The number of benzene rings is 1. The van der Waals surface area contributed by atoms with Crippen LogP contribution in [0.3, 0.4) is 0 Å². The quantitative estimate of drug-likeness (QED) is 0.658. The summed E-state index contributed by atoms with van der Waals surface area (Å²) in [6.07, 6.45) is 9.39. The molecule has 94 valence electrons. The van der Waals surface area contributed by atoms with Crippen LogP contribution in [0.1, 0.15) is 43.2 Å². The van der Waals surface area contributed by atoms with Gasteiger partial charge in [-0.2, -0.15) is 0 Å². The maximum Gasteiger partial charge on any atom is 0.00188 e. The van der Waals surface area contributed by atoms with E-state index in [4.69, 9.17) is 0 Å². The van der Waals surface area contributed by atoms with Gasteiger partial charge in [-0.15, -0.1) is 0 Å². The molecular weight excluding hydrogens is 206 g/mol. The molecule has 1 aromatic carbocycles. The molecule has 0 N–H and O–H groups in total. The van der Waals surface area contributed by atoms with E-state index in [9.17, 15) is 0 Å². The average Bonchev–Trinajstić information content (AvgIpc) is 2.36. The Morgan fingerprint density at radius 3 is 2.06 bits per heavy atom. The van der Waals surface area contributed by atoms with Gasteiger partial charge in [0.15, 0.2) is 0 Å². The Labute approximate surface area is 106 Å². The lowest BCUT2D eigenvalue weighted by Gasteiger charge is -2.17. The highest BCUT2D eigenvalue weighted by molar-refractivity contribution is 5.22. The molecule has 0 unspecified atom stereocenters. The third-order valence-electron chi connectivity index (χ3n) is 3.81. The summed E-state index contributed by atoms with van der Waals surface area (Å²) in [6.45, 7) is 2.46. The Kier molecular flexibility index (Phi) is 5.06. The molecule has 0 amide bonds. The minimum Gasteiger partial charge on any atom is -0.306 e. The van der Waals surface area contributed by atoms with E-state index in [1.54, 1.807) is 0 Å². The first kappa shape index (κ1) is 12.6. The van der Waals surface area contributed by atoms with Crippen molar-refractivity contribution in [2.75, 3.05) is 20.1 Å². The maximum absolute atomic E-state index is 2.47. The molecule has 2 aliphatic heterocycles. The predicted octanol–water partition coefficient (Wildman–Crippen LogP) is 3.67. The van der Waals surface area contributed by atoms with Crippen molar-refractivity contribution in [1.82, 2.24) is 4.90 Å². The van der Waals surface area contributed by atoms with E-state index < -0.39 is 0 Å². The Morgan fingerprint density at radius 1 is 0.706 bits per heavy atom. The molecule has 1 nitrogen and oxygen atoms in total. The predicted molar refractivity (Wildman–Crippen MR) is 74.4 cm³/mol. The number of rotatable bonds is 0. The van der Waals surface area contributed by atoms with Gasteiger partial charge in [-0.25, -0.2) is 0 Å². The van der Waals surface area contributed by atoms with Crippen LogP contribution in [0.4, 0.5) is 0 Å². The molecular formula is C16H25N. The molecule has 0 aliphatic carbocycles. The second-order valence-electron chi connectivity index (χ2n) is 5.39. The van der Waals surface area contributed by atoms with Crippen molar-refractivity contribution in [3.8, 4) is 0 Å². The van der Waals surface area contributed by atoms with E-state index in [1.807, 2.05) is 0 Å². The van der Waals surface area contributed by atoms with Gasteiger partial charge >= 0.3 is 0 Å². The summed E-state index contributed by atoms with van der Waals surface area (Å²) < 4.78 is 0. The van der Waals surface area contributed by atoms with Crippen LogP contribution in [-0.4, -0.2) is 25.0 Å². The van der Waals surface area contributed by atoms with E-state index in [-0.39, 0.29) is 0 Å². The average molecular weight is 231 g/mol. The summed E-state index contributed by atoms with van der Waals surface area (Å²) in [7, 11) is 2.25. The summed E-state index contributed by atoms with van der Waals surface area (Å²) in [5.41, 5.74) is 3.00. The van der Waals surface area contributed by atoms with Crippen molar-refractivity contribution in [2.24, 2.45) is 0 Å². The summed E-state index contributed by atoms with van der Waals surface area (Å²) in [6, 6.07) is 9.27. The second-order valence-corrected chi connectivity index (χ2v) is 5.39. The molecule has 3 rings (SSSR count). The van der Waals surface area contributed by atoms with Crippen molar-refractivity contribution in [3.63, 3.8) is 0 Å². The Bertz CT molecular complexity index is 315. The van der Waals surface area contributed by atoms with Crippen LogP contribution >= 0.6 is 0 Å². The molecule has 0 fully saturated rings. The minimum absolute atomic E-state index is 1.19. The molecule has 1 aromatic rings. The van der Waals surface area contributed by atoms with E-state index >= 15 is 0 Å². The number of aryl methyl sites for hydroxylation is 1. The lowest BCUT2D eigenvalue weighted by atomic mass is 10.0. The SMILES string of the molecule is CN1CCCCCCCc2ccc(cc2)CC1. The maximum atomic E-state index is 2.47.